The first-order chi connectivity index (χ1) is 10.6. The van der Waals surface area contributed by atoms with Gasteiger partial charge in [0.2, 0.25) is 0 Å². The molecule has 0 radical (unpaired) electrons. The van der Waals surface area contributed by atoms with E-state index in [9.17, 15) is 13.6 Å². The summed E-state index contributed by atoms with van der Waals surface area (Å²) in [6.45, 7) is 0.380. The number of nitrogens with one attached hydrogen (secondary N) is 1. The molecule has 0 bridgehead atoms. The van der Waals surface area contributed by atoms with Gasteiger partial charge in [-0.25, -0.2) is 13.6 Å². The Bertz CT molecular complexity index is 669. The van der Waals surface area contributed by atoms with Crippen LogP contribution in [0.3, 0.4) is 0 Å². The van der Waals surface area contributed by atoms with E-state index in [1.54, 1.807) is 29.2 Å². The lowest BCUT2D eigenvalue weighted by molar-refractivity contribution is 0.206. The average Bonchev–Trinajstić information content (AvgIpc) is 3.33. The van der Waals surface area contributed by atoms with Crippen LogP contribution in [0, 0.1) is 11.6 Å². The number of hydrogen-bond acceptors (Lipinski definition) is 1. The van der Waals surface area contributed by atoms with Crippen molar-refractivity contribution >= 4 is 11.7 Å². The first-order valence-electron chi connectivity index (χ1n) is 7.20. The molecular formula is C17H16F2N2O. The monoisotopic (exact) mass is 302 g/mol. The van der Waals surface area contributed by atoms with Crippen LogP contribution in [-0.2, 0) is 6.54 Å². The molecule has 3 nitrogen and oxygen atoms in total. The lowest BCUT2D eigenvalue weighted by Gasteiger charge is -2.23. The number of carbonyl (C=O) groups is 1. The van der Waals surface area contributed by atoms with Gasteiger partial charge in [0.1, 0.15) is 11.6 Å². The predicted octanol–water partition coefficient (Wildman–Crippen LogP) is 4.16. The predicted molar refractivity (Wildman–Crippen MR) is 80.4 cm³/mol. The number of hydrogen-bond donors (Lipinski definition) is 1. The molecule has 1 aliphatic carbocycles. The molecule has 2 aromatic carbocycles. The van der Waals surface area contributed by atoms with Gasteiger partial charge in [0, 0.05) is 12.6 Å². The van der Waals surface area contributed by atoms with Crippen LogP contribution in [0.1, 0.15) is 18.4 Å². The number of benzene rings is 2. The first kappa shape index (κ1) is 14.5. The minimum atomic E-state index is -0.464. The molecule has 1 N–H and O–H groups in total. The number of urea groups is 1. The zero-order valence-electron chi connectivity index (χ0n) is 11.9. The van der Waals surface area contributed by atoms with E-state index in [1.807, 2.05) is 0 Å². The third-order valence-electron chi connectivity index (χ3n) is 3.63. The summed E-state index contributed by atoms with van der Waals surface area (Å²) in [5.74, 6) is -0.772. The molecule has 3 rings (SSSR count). The third-order valence-corrected chi connectivity index (χ3v) is 3.63. The normalized spacial score (nSPS) is 13.7. The van der Waals surface area contributed by atoms with Crippen LogP contribution in [0.25, 0.3) is 0 Å². The highest BCUT2D eigenvalue weighted by atomic mass is 19.1. The van der Waals surface area contributed by atoms with Gasteiger partial charge in [0.25, 0.3) is 0 Å². The van der Waals surface area contributed by atoms with E-state index in [0.717, 1.165) is 18.4 Å². The fourth-order valence-electron chi connectivity index (χ4n) is 2.29. The Morgan fingerprint density at radius 1 is 1.09 bits per heavy atom. The van der Waals surface area contributed by atoms with Crippen molar-refractivity contribution in [1.82, 2.24) is 4.90 Å². The van der Waals surface area contributed by atoms with E-state index < -0.39 is 5.82 Å². The number of amides is 2. The number of nitrogens with zero attached hydrogens (tertiary/aromatic N) is 1. The van der Waals surface area contributed by atoms with Crippen molar-refractivity contribution in [2.24, 2.45) is 0 Å². The van der Waals surface area contributed by atoms with Crippen LogP contribution >= 0.6 is 0 Å². The Labute approximate surface area is 127 Å². The van der Waals surface area contributed by atoms with Gasteiger partial charge >= 0.3 is 6.03 Å². The average molecular weight is 302 g/mol. The number of rotatable bonds is 4. The highest BCUT2D eigenvalue weighted by Crippen LogP contribution is 2.29. The van der Waals surface area contributed by atoms with Crippen molar-refractivity contribution < 1.29 is 13.6 Å². The van der Waals surface area contributed by atoms with E-state index in [0.29, 0.717) is 6.54 Å². The summed E-state index contributed by atoms with van der Waals surface area (Å²) in [5, 5.41) is 2.60. The minimum Gasteiger partial charge on any atom is -0.317 e. The van der Waals surface area contributed by atoms with Crippen LogP contribution < -0.4 is 5.32 Å². The second-order valence-electron chi connectivity index (χ2n) is 5.40. The van der Waals surface area contributed by atoms with E-state index in [2.05, 4.69) is 5.32 Å². The number of halogens is 2. The van der Waals surface area contributed by atoms with Crippen LogP contribution in [0.15, 0.2) is 48.5 Å². The zero-order chi connectivity index (χ0) is 15.5. The summed E-state index contributed by atoms with van der Waals surface area (Å²) < 4.78 is 26.6. The molecule has 22 heavy (non-hydrogen) atoms. The summed E-state index contributed by atoms with van der Waals surface area (Å²) in [4.78, 5) is 14.1. The largest absolute Gasteiger partial charge is 0.322 e. The van der Waals surface area contributed by atoms with Crippen LogP contribution in [-0.4, -0.2) is 17.0 Å². The van der Waals surface area contributed by atoms with Crippen molar-refractivity contribution in [2.45, 2.75) is 25.4 Å². The highest BCUT2D eigenvalue weighted by molar-refractivity contribution is 5.89. The molecule has 2 aromatic rings. The molecule has 1 fully saturated rings. The highest BCUT2D eigenvalue weighted by Gasteiger charge is 2.32. The Hall–Kier alpha value is -2.43. The summed E-state index contributed by atoms with van der Waals surface area (Å²) in [7, 11) is 0. The van der Waals surface area contributed by atoms with Crippen LogP contribution in [0.5, 0.6) is 0 Å². The van der Waals surface area contributed by atoms with E-state index in [1.165, 1.54) is 24.3 Å². The van der Waals surface area contributed by atoms with Gasteiger partial charge in [0.05, 0.1) is 5.69 Å². The van der Waals surface area contributed by atoms with E-state index in [-0.39, 0.29) is 23.6 Å². The fraction of sp³-hybridized carbons (Fsp3) is 0.235. The van der Waals surface area contributed by atoms with Crippen LogP contribution in [0.4, 0.5) is 19.3 Å². The second kappa shape index (κ2) is 6.13. The van der Waals surface area contributed by atoms with Crippen molar-refractivity contribution in [1.29, 1.82) is 0 Å². The van der Waals surface area contributed by atoms with Crippen molar-refractivity contribution in [3.8, 4) is 0 Å². The van der Waals surface area contributed by atoms with Gasteiger partial charge in [-0.15, -0.1) is 0 Å². The molecule has 0 aliphatic heterocycles. The molecule has 0 heterocycles. The smallest absolute Gasteiger partial charge is 0.317 e. The number of carbonyl (C=O) groups excluding carboxylic acids is 1. The van der Waals surface area contributed by atoms with Gasteiger partial charge in [-0.3, -0.25) is 0 Å². The standard InChI is InChI=1S/C17H16F2N2O/c18-13-7-5-12(6-8-13)11-21(14-9-10-14)17(22)20-16-4-2-1-3-15(16)19/h1-8,14H,9-11H2,(H,20,22). The summed E-state index contributed by atoms with van der Waals surface area (Å²) in [6, 6.07) is 11.9. The molecule has 0 spiro atoms. The zero-order valence-corrected chi connectivity index (χ0v) is 11.9. The summed E-state index contributed by atoms with van der Waals surface area (Å²) in [5.41, 5.74) is 1.01. The van der Waals surface area contributed by atoms with Gasteiger partial charge in [0.15, 0.2) is 0 Å². The Morgan fingerprint density at radius 2 is 1.77 bits per heavy atom. The van der Waals surface area contributed by atoms with Crippen LogP contribution in [0.2, 0.25) is 0 Å². The number of anilines is 1. The van der Waals surface area contributed by atoms with Gasteiger partial charge in [-0.1, -0.05) is 24.3 Å². The maximum Gasteiger partial charge on any atom is 0.322 e. The molecule has 0 aromatic heterocycles. The molecule has 0 atom stereocenters. The molecular weight excluding hydrogens is 286 g/mol. The second-order valence-corrected chi connectivity index (χ2v) is 5.40. The molecule has 1 aliphatic rings. The summed E-state index contributed by atoms with van der Waals surface area (Å²) >= 11 is 0. The Kier molecular flexibility index (Phi) is 4.04. The lowest BCUT2D eigenvalue weighted by Crippen LogP contribution is -2.36. The quantitative estimate of drug-likeness (QED) is 0.903. The fourth-order valence-corrected chi connectivity index (χ4v) is 2.29. The first-order valence-corrected chi connectivity index (χ1v) is 7.20. The van der Waals surface area contributed by atoms with Crippen molar-refractivity contribution in [3.05, 3.63) is 65.7 Å². The third kappa shape index (κ3) is 3.42. The number of para-hydroxylation sites is 1. The minimum absolute atomic E-state index is 0.164. The van der Waals surface area contributed by atoms with Crippen molar-refractivity contribution in [3.63, 3.8) is 0 Å². The van der Waals surface area contributed by atoms with Crippen molar-refractivity contribution in [2.75, 3.05) is 5.32 Å². The molecule has 2 amide bonds. The maximum absolute atomic E-state index is 13.6. The van der Waals surface area contributed by atoms with E-state index >= 15 is 0 Å². The SMILES string of the molecule is O=C(Nc1ccccc1F)N(Cc1ccc(F)cc1)C1CC1. The molecule has 0 saturated heterocycles. The van der Waals surface area contributed by atoms with Gasteiger partial charge in [-0.2, -0.15) is 0 Å². The Balaban J connectivity index is 1.72. The molecule has 1 saturated carbocycles. The molecule has 0 unspecified atom stereocenters. The maximum atomic E-state index is 13.6. The molecule has 5 heteroatoms. The topological polar surface area (TPSA) is 32.3 Å². The molecule has 114 valence electrons. The lowest BCUT2D eigenvalue weighted by atomic mass is 10.2. The summed E-state index contributed by atoms with van der Waals surface area (Å²) in [6.07, 6.45) is 1.87. The van der Waals surface area contributed by atoms with Gasteiger partial charge in [-0.05, 0) is 42.7 Å². The van der Waals surface area contributed by atoms with Gasteiger partial charge < -0.3 is 10.2 Å². The van der Waals surface area contributed by atoms with E-state index in [4.69, 9.17) is 0 Å². The Morgan fingerprint density at radius 3 is 2.41 bits per heavy atom.